The first-order chi connectivity index (χ1) is 8.98. The Hall–Kier alpha value is -1.34. The summed E-state index contributed by atoms with van der Waals surface area (Å²) in [5.41, 5.74) is 0.968. The highest BCUT2D eigenvalue weighted by molar-refractivity contribution is 7.88. The van der Waals surface area contributed by atoms with Gasteiger partial charge in [-0.15, -0.1) is 0 Å². The Morgan fingerprint density at radius 1 is 1.53 bits per heavy atom. The third-order valence-electron chi connectivity index (χ3n) is 3.31. The molecule has 1 aliphatic heterocycles. The Labute approximate surface area is 113 Å². The number of aromatic amines is 1. The van der Waals surface area contributed by atoms with Crippen LogP contribution in [0.3, 0.4) is 0 Å². The highest BCUT2D eigenvalue weighted by Gasteiger charge is 2.34. The smallest absolute Gasteiger partial charge is 0.238 e. The van der Waals surface area contributed by atoms with E-state index in [-0.39, 0.29) is 5.91 Å². The fourth-order valence-electron chi connectivity index (χ4n) is 2.34. The molecule has 1 fully saturated rings. The number of nitrogens with zero attached hydrogens (tertiary/aromatic N) is 1. The first kappa shape index (κ1) is 14.1. The number of hydrogen-bond donors (Lipinski definition) is 2. The number of amides is 1. The zero-order valence-corrected chi connectivity index (χ0v) is 11.7. The normalized spacial score (nSPS) is 21.2. The van der Waals surface area contributed by atoms with Crippen LogP contribution >= 0.6 is 0 Å². The zero-order chi connectivity index (χ0) is 13.9. The molecule has 19 heavy (non-hydrogen) atoms. The Balaban J connectivity index is 1.99. The van der Waals surface area contributed by atoms with Crippen LogP contribution < -0.4 is 5.32 Å². The van der Waals surface area contributed by atoms with Crippen LogP contribution in [0.4, 0.5) is 0 Å². The van der Waals surface area contributed by atoms with Crippen LogP contribution in [0, 0.1) is 0 Å². The average molecular weight is 285 g/mol. The molecule has 1 aromatic heterocycles. The number of carbonyl (C=O) groups is 1. The minimum Gasteiger partial charge on any atom is -0.367 e. The van der Waals surface area contributed by atoms with Crippen LogP contribution in [-0.4, -0.2) is 42.5 Å². The maximum Gasteiger partial charge on any atom is 0.238 e. The monoisotopic (exact) mass is 285 g/mol. The predicted molar refractivity (Wildman–Crippen MR) is 71.8 cm³/mol. The number of rotatable bonds is 4. The van der Waals surface area contributed by atoms with Gasteiger partial charge in [0.1, 0.15) is 6.04 Å². The zero-order valence-electron chi connectivity index (χ0n) is 10.9. The van der Waals surface area contributed by atoms with E-state index in [1.54, 1.807) is 12.4 Å². The molecule has 2 N–H and O–H groups in total. The summed E-state index contributed by atoms with van der Waals surface area (Å²) in [6.45, 7) is 0.845. The number of sulfonamides is 1. The maximum absolute atomic E-state index is 12.1. The predicted octanol–water partition coefficient (Wildman–Crippen LogP) is 0.445. The molecule has 0 radical (unpaired) electrons. The molecule has 0 bridgehead atoms. The lowest BCUT2D eigenvalue weighted by Crippen LogP contribution is -2.51. The van der Waals surface area contributed by atoms with E-state index in [1.807, 2.05) is 6.07 Å². The van der Waals surface area contributed by atoms with Gasteiger partial charge in [0.25, 0.3) is 0 Å². The number of hydrogen-bond acceptors (Lipinski definition) is 3. The second kappa shape index (κ2) is 5.75. The summed E-state index contributed by atoms with van der Waals surface area (Å²) in [4.78, 5) is 15.0. The first-order valence-electron chi connectivity index (χ1n) is 6.34. The molecule has 0 spiro atoms. The lowest BCUT2D eigenvalue weighted by Gasteiger charge is -2.32. The lowest BCUT2D eigenvalue weighted by atomic mass is 10.0. The summed E-state index contributed by atoms with van der Waals surface area (Å²) in [6.07, 6.45) is 7.03. The Bertz CT molecular complexity index is 524. The molecule has 7 heteroatoms. The standard InChI is InChI=1S/C12H19N3O3S/c1-19(17,18)15-7-3-2-4-11(15)12(16)14-9-10-5-6-13-8-10/h5-6,8,11,13H,2-4,7,9H2,1H3,(H,14,16). The molecule has 1 aromatic rings. The largest absolute Gasteiger partial charge is 0.367 e. The SMILES string of the molecule is CS(=O)(=O)N1CCCCC1C(=O)NCc1cc[nH]c1. The molecule has 1 amide bonds. The van der Waals surface area contributed by atoms with Crippen molar-refractivity contribution in [3.63, 3.8) is 0 Å². The Kier molecular flexibility index (Phi) is 4.26. The molecule has 0 saturated carbocycles. The van der Waals surface area contributed by atoms with Gasteiger partial charge in [-0.2, -0.15) is 4.31 Å². The van der Waals surface area contributed by atoms with Crippen molar-refractivity contribution in [2.75, 3.05) is 12.8 Å². The van der Waals surface area contributed by atoms with Crippen molar-refractivity contribution in [3.05, 3.63) is 24.0 Å². The lowest BCUT2D eigenvalue weighted by molar-refractivity contribution is -0.125. The minimum atomic E-state index is -3.33. The first-order valence-corrected chi connectivity index (χ1v) is 8.19. The van der Waals surface area contributed by atoms with E-state index >= 15 is 0 Å². The van der Waals surface area contributed by atoms with Gasteiger partial charge in [0.15, 0.2) is 0 Å². The van der Waals surface area contributed by atoms with E-state index in [2.05, 4.69) is 10.3 Å². The minimum absolute atomic E-state index is 0.216. The van der Waals surface area contributed by atoms with Crippen molar-refractivity contribution in [1.29, 1.82) is 0 Å². The molecule has 0 aliphatic carbocycles. The molecular weight excluding hydrogens is 266 g/mol. The van der Waals surface area contributed by atoms with E-state index in [4.69, 9.17) is 0 Å². The van der Waals surface area contributed by atoms with Gasteiger partial charge in [-0.3, -0.25) is 4.79 Å². The Morgan fingerprint density at radius 3 is 2.95 bits per heavy atom. The number of piperidine rings is 1. The number of H-pyrrole nitrogens is 1. The van der Waals surface area contributed by atoms with Crippen molar-refractivity contribution >= 4 is 15.9 Å². The fourth-order valence-corrected chi connectivity index (χ4v) is 3.46. The molecular formula is C12H19N3O3S. The fraction of sp³-hybridized carbons (Fsp3) is 0.583. The molecule has 6 nitrogen and oxygen atoms in total. The maximum atomic E-state index is 12.1. The van der Waals surface area contributed by atoms with Crippen LogP contribution in [-0.2, 0) is 21.4 Å². The topological polar surface area (TPSA) is 82.3 Å². The van der Waals surface area contributed by atoms with Crippen molar-refractivity contribution in [2.24, 2.45) is 0 Å². The quantitative estimate of drug-likeness (QED) is 0.842. The van der Waals surface area contributed by atoms with Gasteiger partial charge < -0.3 is 10.3 Å². The van der Waals surface area contributed by atoms with Gasteiger partial charge in [-0.25, -0.2) is 8.42 Å². The van der Waals surface area contributed by atoms with Gasteiger partial charge in [0.2, 0.25) is 15.9 Å². The second-order valence-corrected chi connectivity index (χ2v) is 6.76. The summed E-state index contributed by atoms with van der Waals surface area (Å²) >= 11 is 0. The van der Waals surface area contributed by atoms with Gasteiger partial charge >= 0.3 is 0 Å². The number of aromatic nitrogens is 1. The van der Waals surface area contributed by atoms with Crippen LogP contribution in [0.25, 0.3) is 0 Å². The summed E-state index contributed by atoms with van der Waals surface area (Å²) in [7, 11) is -3.33. The molecule has 2 rings (SSSR count). The highest BCUT2D eigenvalue weighted by atomic mass is 32.2. The third-order valence-corrected chi connectivity index (χ3v) is 4.60. The van der Waals surface area contributed by atoms with Crippen LogP contribution in [0.5, 0.6) is 0 Å². The van der Waals surface area contributed by atoms with Crippen LogP contribution in [0.15, 0.2) is 18.5 Å². The number of carbonyl (C=O) groups excluding carboxylic acids is 1. The van der Waals surface area contributed by atoms with Gasteiger partial charge in [-0.05, 0) is 24.5 Å². The summed E-state index contributed by atoms with van der Waals surface area (Å²) < 4.78 is 24.7. The molecule has 0 aromatic carbocycles. The average Bonchev–Trinajstić information content (AvgIpc) is 2.88. The molecule has 1 atom stereocenters. The van der Waals surface area contributed by atoms with E-state index in [0.29, 0.717) is 19.5 Å². The van der Waals surface area contributed by atoms with Gasteiger partial charge in [0.05, 0.1) is 6.26 Å². The molecule has 2 heterocycles. The second-order valence-electron chi connectivity index (χ2n) is 4.82. The van der Waals surface area contributed by atoms with E-state index < -0.39 is 16.1 Å². The van der Waals surface area contributed by atoms with E-state index in [1.165, 1.54) is 4.31 Å². The van der Waals surface area contributed by atoms with Gasteiger partial charge in [0, 0.05) is 25.5 Å². The van der Waals surface area contributed by atoms with Crippen molar-refractivity contribution in [2.45, 2.75) is 31.8 Å². The van der Waals surface area contributed by atoms with Crippen molar-refractivity contribution in [3.8, 4) is 0 Å². The van der Waals surface area contributed by atoms with E-state index in [9.17, 15) is 13.2 Å². The van der Waals surface area contributed by atoms with Crippen LogP contribution in [0.1, 0.15) is 24.8 Å². The highest BCUT2D eigenvalue weighted by Crippen LogP contribution is 2.20. The van der Waals surface area contributed by atoms with Crippen molar-refractivity contribution < 1.29 is 13.2 Å². The van der Waals surface area contributed by atoms with Crippen LogP contribution in [0.2, 0.25) is 0 Å². The molecule has 106 valence electrons. The molecule has 1 saturated heterocycles. The number of nitrogens with one attached hydrogen (secondary N) is 2. The molecule has 1 aliphatic rings. The molecule has 1 unspecified atom stereocenters. The summed E-state index contributed by atoms with van der Waals surface area (Å²) in [5, 5.41) is 2.79. The van der Waals surface area contributed by atoms with Gasteiger partial charge in [-0.1, -0.05) is 6.42 Å². The Morgan fingerprint density at radius 2 is 2.32 bits per heavy atom. The van der Waals surface area contributed by atoms with Crippen molar-refractivity contribution in [1.82, 2.24) is 14.6 Å². The summed E-state index contributed by atoms with van der Waals surface area (Å²) in [6, 6.07) is 1.30. The van der Waals surface area contributed by atoms with E-state index in [0.717, 1.165) is 24.7 Å². The summed E-state index contributed by atoms with van der Waals surface area (Å²) in [5.74, 6) is -0.216. The third kappa shape index (κ3) is 3.57.